The van der Waals surface area contributed by atoms with Gasteiger partial charge in [0.1, 0.15) is 18.1 Å². The first-order valence-electron chi connectivity index (χ1n) is 26.7. The highest BCUT2D eigenvalue weighted by molar-refractivity contribution is 5.97. The number of ether oxygens (including phenoxy) is 3. The van der Waals surface area contributed by atoms with Gasteiger partial charge >= 0.3 is 5.97 Å². The number of aromatic nitrogens is 2. The molecule has 6 bridgehead atoms. The van der Waals surface area contributed by atoms with Crippen molar-refractivity contribution in [2.24, 2.45) is 17.3 Å². The van der Waals surface area contributed by atoms with E-state index in [4.69, 9.17) is 19.2 Å². The second-order valence-corrected chi connectivity index (χ2v) is 22.0. The van der Waals surface area contributed by atoms with Crippen LogP contribution in [-0.4, -0.2) is 149 Å². The lowest BCUT2D eigenvalue weighted by atomic mass is 9.84. The van der Waals surface area contributed by atoms with Gasteiger partial charge in [-0.1, -0.05) is 63.9 Å². The van der Waals surface area contributed by atoms with Crippen LogP contribution in [0.1, 0.15) is 96.6 Å². The van der Waals surface area contributed by atoms with Gasteiger partial charge in [0.05, 0.1) is 49.3 Å². The lowest BCUT2D eigenvalue weighted by Crippen LogP contribution is -2.62. The van der Waals surface area contributed by atoms with Gasteiger partial charge in [-0.2, -0.15) is 0 Å². The number of likely N-dealkylation sites (tertiary alicyclic amines) is 1. The van der Waals surface area contributed by atoms with Crippen LogP contribution in [0, 0.1) is 29.1 Å². The van der Waals surface area contributed by atoms with Crippen molar-refractivity contribution in [1.82, 2.24) is 40.0 Å². The van der Waals surface area contributed by atoms with Gasteiger partial charge in [0, 0.05) is 87.4 Å². The van der Waals surface area contributed by atoms with Crippen LogP contribution in [-0.2, 0) is 57.6 Å². The summed E-state index contributed by atoms with van der Waals surface area (Å²) in [5.74, 6) is 3.40. The first kappa shape index (κ1) is 52.7. The molecule has 7 heterocycles. The molecule has 1 unspecified atom stereocenters. The van der Waals surface area contributed by atoms with E-state index in [1.165, 1.54) is 9.91 Å². The summed E-state index contributed by atoms with van der Waals surface area (Å²) in [4.78, 5) is 81.6. The molecule has 0 saturated carbocycles. The number of hydrogen-bond donors (Lipinski definition) is 2. The number of carbonyl (C=O) groups excluding carboxylic acids is 5. The number of likely N-dealkylation sites (N-methyl/N-ethyl adjacent to an activating group) is 1. The van der Waals surface area contributed by atoms with Crippen molar-refractivity contribution in [1.29, 1.82) is 0 Å². The van der Waals surface area contributed by atoms with Crippen LogP contribution in [0.3, 0.4) is 0 Å². The third-order valence-electron chi connectivity index (χ3n) is 15.9. The lowest BCUT2D eigenvalue weighted by molar-refractivity contribution is -0.155. The predicted molar refractivity (Wildman–Crippen MR) is 282 cm³/mol. The molecule has 2 aromatic heterocycles. The van der Waals surface area contributed by atoms with Gasteiger partial charge in [-0.3, -0.25) is 38.9 Å². The molecule has 5 aliphatic heterocycles. The van der Waals surface area contributed by atoms with Crippen LogP contribution in [0.2, 0.25) is 0 Å². The molecule has 4 amide bonds. The number of nitrogens with one attached hydrogen (secondary N) is 2. The number of morpholine rings is 1. The number of pyridine rings is 1. The standard InChI is InChI=1S/C58H74N8O8/c1-9-64-49-21-17-40-31-45(49)46(53(64)44-15-11-24-59-51(44)37(4)72-8)32-58(5,6)35-74-57(71)47-16-12-25-66(61-47)56(70)48(30-38-13-10-14-39(40)29-38)60-54(68)52(36(2)3)62(7)55(69)41-23-26-63(33-41)50(67)22-20-42-18-19-43-34-73-28-27-65(42)43/h10-11,13-15,17,21,24,29,31,36-37,41-43,47-48,52,61H,9,12,16,18-19,23,25-28,30,32-35H2,1-8H3,(H,60,68)/t37-,41-,42+,43+,47-,48-,52?/m0/s1. The Hall–Kier alpha value is -6.12. The van der Waals surface area contributed by atoms with Crippen molar-refractivity contribution in [2.75, 3.05) is 60.2 Å². The van der Waals surface area contributed by atoms with E-state index in [1.807, 2.05) is 39.0 Å². The average Bonchev–Trinajstić information content (AvgIpc) is 4.15. The number of hydrogen-bond acceptors (Lipinski definition) is 11. The minimum atomic E-state index is -1.06. The first-order chi connectivity index (χ1) is 35.5. The molecule has 4 aromatic rings. The van der Waals surface area contributed by atoms with Crippen molar-refractivity contribution in [2.45, 2.75) is 129 Å². The monoisotopic (exact) mass is 1010 g/mol. The number of methoxy groups -OCH3 is 1. The number of hydrazine groups is 1. The highest BCUT2D eigenvalue weighted by Crippen LogP contribution is 2.42. The van der Waals surface area contributed by atoms with Gasteiger partial charge in [0.25, 0.3) is 11.8 Å². The number of carbonyl (C=O) groups is 5. The Morgan fingerprint density at radius 3 is 2.59 bits per heavy atom. The van der Waals surface area contributed by atoms with Crippen molar-refractivity contribution < 1.29 is 38.2 Å². The summed E-state index contributed by atoms with van der Waals surface area (Å²) in [6.07, 6.45) is 5.63. The zero-order chi connectivity index (χ0) is 52.4. The highest BCUT2D eigenvalue weighted by Gasteiger charge is 2.41. The lowest BCUT2D eigenvalue weighted by Gasteiger charge is -2.37. The van der Waals surface area contributed by atoms with E-state index in [9.17, 15) is 24.0 Å². The maximum absolute atomic E-state index is 14.9. The Labute approximate surface area is 435 Å². The molecule has 394 valence electrons. The van der Waals surface area contributed by atoms with Crippen LogP contribution in [0.4, 0.5) is 0 Å². The maximum Gasteiger partial charge on any atom is 0.324 e. The quantitative estimate of drug-likeness (QED) is 0.150. The Kier molecular flexibility index (Phi) is 15.9. The van der Waals surface area contributed by atoms with Gasteiger partial charge in [-0.05, 0) is 111 Å². The third kappa shape index (κ3) is 11.0. The number of amides is 4. The molecule has 7 atom stereocenters. The Morgan fingerprint density at radius 2 is 1.81 bits per heavy atom. The Balaban J connectivity index is 1.00. The minimum Gasteiger partial charge on any atom is -0.464 e. The first-order valence-corrected chi connectivity index (χ1v) is 26.7. The molecule has 0 aliphatic carbocycles. The van der Waals surface area contributed by atoms with Crippen LogP contribution >= 0.6 is 0 Å². The van der Waals surface area contributed by atoms with E-state index >= 15 is 0 Å². The van der Waals surface area contributed by atoms with Crippen LogP contribution in [0.25, 0.3) is 33.3 Å². The minimum absolute atomic E-state index is 0.0231. The molecule has 2 aromatic carbocycles. The average molecular weight is 1010 g/mol. The van der Waals surface area contributed by atoms with E-state index < -0.39 is 47.2 Å². The van der Waals surface area contributed by atoms with Gasteiger partial charge < -0.3 is 33.9 Å². The number of nitrogens with zero attached hydrogens (tertiary/aromatic N) is 6. The number of esters is 1. The van der Waals surface area contributed by atoms with Crippen molar-refractivity contribution in [3.05, 3.63) is 77.6 Å². The molecule has 5 aliphatic rings. The second kappa shape index (κ2) is 22.4. The fourth-order valence-electron chi connectivity index (χ4n) is 12.0. The van der Waals surface area contributed by atoms with Crippen molar-refractivity contribution in [3.63, 3.8) is 0 Å². The van der Waals surface area contributed by atoms with Crippen LogP contribution in [0.15, 0.2) is 60.8 Å². The van der Waals surface area contributed by atoms with Crippen LogP contribution < -0.4 is 10.7 Å². The molecular formula is C58H74N8O8. The number of rotatable bonds is 9. The maximum atomic E-state index is 14.9. The SMILES string of the molecule is CCn1c(-c2cccnc2[C@H](C)OC)c2c3cc(ccc31)-c1cccc(c1)C[C@H](NC(=O)C(C(C)C)N(C)C(=O)[C@H]1CCN(C(=O)C#C[C@H]3CC[C@@H]4COCCN43)C1)C(=O)N1CCC[C@H](N1)C(=O)OCC(C)(C)C2. The molecule has 16 nitrogen and oxygen atoms in total. The normalized spacial score (nSPS) is 24.1. The predicted octanol–water partition coefficient (Wildman–Crippen LogP) is 5.94. The summed E-state index contributed by atoms with van der Waals surface area (Å²) in [6, 6.07) is 16.2. The van der Waals surface area contributed by atoms with Gasteiger partial charge in [-0.15, -0.1) is 0 Å². The summed E-state index contributed by atoms with van der Waals surface area (Å²) in [5, 5.41) is 5.62. The number of benzene rings is 2. The van der Waals surface area contributed by atoms with E-state index in [-0.39, 0.29) is 49.5 Å². The number of cyclic esters (lactones) is 1. The topological polar surface area (TPSA) is 168 Å². The summed E-state index contributed by atoms with van der Waals surface area (Å²) >= 11 is 0. The number of fused-ring (bicyclic) bond motifs is 7. The molecular weight excluding hydrogens is 937 g/mol. The zero-order valence-corrected chi connectivity index (χ0v) is 44.4. The summed E-state index contributed by atoms with van der Waals surface area (Å²) in [7, 11) is 3.32. The molecule has 9 rings (SSSR count). The fraction of sp³-hybridized carbons (Fsp3) is 0.552. The number of aryl methyl sites for hydroxylation is 1. The van der Waals surface area contributed by atoms with E-state index in [2.05, 4.69) is 89.2 Å². The molecule has 0 spiro atoms. The van der Waals surface area contributed by atoms with Gasteiger partial charge in [-0.25, -0.2) is 5.43 Å². The van der Waals surface area contributed by atoms with Crippen molar-refractivity contribution in [3.8, 4) is 34.2 Å². The summed E-state index contributed by atoms with van der Waals surface area (Å²) in [6.45, 7) is 16.1. The summed E-state index contributed by atoms with van der Waals surface area (Å²) < 4.78 is 20.0. The smallest absolute Gasteiger partial charge is 0.324 e. The van der Waals surface area contributed by atoms with E-state index in [0.717, 1.165) is 69.5 Å². The molecule has 2 N–H and O–H groups in total. The van der Waals surface area contributed by atoms with E-state index in [1.54, 1.807) is 25.3 Å². The molecule has 4 saturated heterocycles. The molecule has 4 fully saturated rings. The Morgan fingerprint density at radius 1 is 1.00 bits per heavy atom. The van der Waals surface area contributed by atoms with Crippen molar-refractivity contribution >= 4 is 40.5 Å². The highest BCUT2D eigenvalue weighted by atomic mass is 16.5. The molecule has 0 radical (unpaired) electrons. The van der Waals surface area contributed by atoms with Gasteiger partial charge in [0.15, 0.2) is 0 Å². The van der Waals surface area contributed by atoms with E-state index in [0.29, 0.717) is 64.6 Å². The zero-order valence-electron chi connectivity index (χ0n) is 44.4. The molecule has 74 heavy (non-hydrogen) atoms. The third-order valence-corrected chi connectivity index (χ3v) is 15.9. The molecule has 16 heteroatoms. The fourth-order valence-corrected chi connectivity index (χ4v) is 12.0. The largest absolute Gasteiger partial charge is 0.464 e. The van der Waals surface area contributed by atoms with Gasteiger partial charge in [0.2, 0.25) is 11.8 Å². The summed E-state index contributed by atoms with van der Waals surface area (Å²) in [5.41, 5.74) is 10.5. The van der Waals surface area contributed by atoms with Crippen LogP contribution in [0.5, 0.6) is 0 Å². The Bertz CT molecular complexity index is 2830. The second-order valence-electron chi connectivity index (χ2n) is 22.0.